The molecule has 0 radical (unpaired) electrons. The summed E-state index contributed by atoms with van der Waals surface area (Å²) in [6, 6.07) is 5.34. The van der Waals surface area contributed by atoms with Gasteiger partial charge in [-0.05, 0) is 12.1 Å². The Balaban J connectivity index is 2.50. The zero-order valence-electron chi connectivity index (χ0n) is 19.5. The Morgan fingerprint density at radius 3 is 2.03 bits per heavy atom. The van der Waals surface area contributed by atoms with Crippen molar-refractivity contribution < 1.29 is 47.7 Å². The summed E-state index contributed by atoms with van der Waals surface area (Å²) in [6.45, 7) is 5.68. The highest BCUT2D eigenvalue weighted by atomic mass is 16.7. The van der Waals surface area contributed by atoms with E-state index in [2.05, 4.69) is 10.6 Å². The molecule has 1 aliphatic heterocycles. The number of hydrogen-bond donors (Lipinski definition) is 2. The summed E-state index contributed by atoms with van der Waals surface area (Å²) in [5, 5.41) is 5.22. The third-order valence-corrected chi connectivity index (χ3v) is 4.51. The molecule has 2 rings (SSSR count). The van der Waals surface area contributed by atoms with E-state index in [1.807, 2.05) is 0 Å². The number of amides is 2. The lowest BCUT2D eigenvalue weighted by Gasteiger charge is -2.44. The van der Waals surface area contributed by atoms with Crippen LogP contribution in [-0.2, 0) is 42.9 Å². The number of ether oxygens (including phenoxy) is 5. The number of nitrogens with one attached hydrogen (secondary N) is 2. The molecule has 1 fully saturated rings. The lowest BCUT2D eigenvalue weighted by atomic mass is 9.96. The van der Waals surface area contributed by atoms with Crippen LogP contribution < -0.4 is 15.4 Å². The van der Waals surface area contributed by atoms with Gasteiger partial charge >= 0.3 is 17.9 Å². The molecule has 5 atom stereocenters. The number of benzene rings is 1. The molecule has 2 amide bonds. The molecule has 1 aliphatic rings. The molecular formula is C22H28N2O10. The van der Waals surface area contributed by atoms with Crippen LogP contribution in [0.2, 0.25) is 0 Å². The van der Waals surface area contributed by atoms with Gasteiger partial charge in [-0.15, -0.1) is 0 Å². The van der Waals surface area contributed by atoms with E-state index >= 15 is 0 Å². The van der Waals surface area contributed by atoms with Crippen molar-refractivity contribution in [2.45, 2.75) is 65.3 Å². The average Bonchev–Trinajstić information content (AvgIpc) is 2.71. The smallest absolute Gasteiger partial charge is 0.303 e. The maximum Gasteiger partial charge on any atom is 0.303 e. The van der Waals surface area contributed by atoms with Crippen LogP contribution in [-0.4, -0.2) is 67.0 Å². The van der Waals surface area contributed by atoms with Crippen molar-refractivity contribution in [3.63, 3.8) is 0 Å². The van der Waals surface area contributed by atoms with E-state index in [0.717, 1.165) is 13.8 Å². The zero-order chi connectivity index (χ0) is 25.4. The molecule has 12 heteroatoms. The van der Waals surface area contributed by atoms with Gasteiger partial charge in [-0.1, -0.05) is 12.1 Å². The van der Waals surface area contributed by atoms with Gasteiger partial charge in [0, 0.05) is 34.6 Å². The minimum atomic E-state index is -1.30. The summed E-state index contributed by atoms with van der Waals surface area (Å²) < 4.78 is 27.7. The second-order valence-electron chi connectivity index (χ2n) is 7.52. The molecule has 186 valence electrons. The molecule has 34 heavy (non-hydrogen) atoms. The van der Waals surface area contributed by atoms with Crippen molar-refractivity contribution in [1.29, 1.82) is 0 Å². The third kappa shape index (κ3) is 7.73. The van der Waals surface area contributed by atoms with E-state index in [4.69, 9.17) is 23.7 Å². The van der Waals surface area contributed by atoms with Crippen molar-refractivity contribution in [2.24, 2.45) is 0 Å². The van der Waals surface area contributed by atoms with Crippen LogP contribution in [0.15, 0.2) is 24.3 Å². The molecule has 5 unspecified atom stereocenters. The fourth-order valence-electron chi connectivity index (χ4n) is 3.38. The van der Waals surface area contributed by atoms with E-state index in [0.29, 0.717) is 5.69 Å². The summed E-state index contributed by atoms with van der Waals surface area (Å²) >= 11 is 0. The first-order chi connectivity index (χ1) is 16.0. The van der Waals surface area contributed by atoms with E-state index in [1.165, 1.54) is 20.8 Å². The summed E-state index contributed by atoms with van der Waals surface area (Å²) in [5.74, 6) is -2.71. The molecule has 1 aromatic carbocycles. The number of para-hydroxylation sites is 2. The van der Waals surface area contributed by atoms with Crippen LogP contribution in [0.25, 0.3) is 0 Å². The molecule has 0 bridgehead atoms. The minimum Gasteiger partial charge on any atom is -0.463 e. The van der Waals surface area contributed by atoms with Crippen LogP contribution in [0.4, 0.5) is 5.69 Å². The lowest BCUT2D eigenvalue weighted by Crippen LogP contribution is -2.67. The molecule has 0 saturated carbocycles. The highest BCUT2D eigenvalue weighted by molar-refractivity contribution is 5.90. The lowest BCUT2D eigenvalue weighted by molar-refractivity contribution is -0.257. The van der Waals surface area contributed by atoms with Crippen molar-refractivity contribution in [3.05, 3.63) is 24.3 Å². The largest absolute Gasteiger partial charge is 0.463 e. The Kier molecular flexibility index (Phi) is 9.36. The average molecular weight is 480 g/mol. The number of hydrogen-bond acceptors (Lipinski definition) is 10. The minimum absolute atomic E-state index is 0.191. The zero-order valence-corrected chi connectivity index (χ0v) is 19.5. The van der Waals surface area contributed by atoms with Gasteiger partial charge < -0.3 is 34.3 Å². The highest BCUT2D eigenvalue weighted by Gasteiger charge is 2.52. The molecule has 0 spiro atoms. The molecule has 2 N–H and O–H groups in total. The normalized spacial score (nSPS) is 23.7. The van der Waals surface area contributed by atoms with Gasteiger partial charge in [0.15, 0.2) is 12.2 Å². The summed E-state index contributed by atoms with van der Waals surface area (Å²) in [7, 11) is 0. The first-order valence-corrected chi connectivity index (χ1v) is 10.4. The Morgan fingerprint density at radius 2 is 1.47 bits per heavy atom. The van der Waals surface area contributed by atoms with Gasteiger partial charge in [-0.2, -0.15) is 0 Å². The van der Waals surface area contributed by atoms with E-state index in [9.17, 15) is 24.0 Å². The molecule has 12 nitrogen and oxygen atoms in total. The van der Waals surface area contributed by atoms with Crippen LogP contribution in [0, 0.1) is 0 Å². The monoisotopic (exact) mass is 480 g/mol. The fourth-order valence-corrected chi connectivity index (χ4v) is 3.38. The Labute approximate surface area is 196 Å². The predicted octanol–water partition coefficient (Wildman–Crippen LogP) is 0.680. The second-order valence-corrected chi connectivity index (χ2v) is 7.52. The maximum absolute atomic E-state index is 12.0. The first-order valence-electron chi connectivity index (χ1n) is 10.4. The van der Waals surface area contributed by atoms with Gasteiger partial charge in [0.2, 0.25) is 18.1 Å². The molecule has 0 aliphatic carbocycles. The SMILES string of the molecule is CC(=O)Nc1ccccc1OC1OC(COC(C)=O)C(OC(C)=O)C(OC(C)=O)C1NC(C)=O. The molecular weight excluding hydrogens is 452 g/mol. The number of esters is 3. The topological polar surface area (TPSA) is 156 Å². The predicted molar refractivity (Wildman–Crippen MR) is 115 cm³/mol. The van der Waals surface area contributed by atoms with Gasteiger partial charge in [0.1, 0.15) is 24.5 Å². The van der Waals surface area contributed by atoms with Crippen molar-refractivity contribution in [1.82, 2.24) is 5.32 Å². The van der Waals surface area contributed by atoms with E-state index < -0.39 is 54.5 Å². The van der Waals surface area contributed by atoms with Crippen molar-refractivity contribution in [3.8, 4) is 5.75 Å². The van der Waals surface area contributed by atoms with Crippen LogP contribution in [0.1, 0.15) is 34.6 Å². The number of anilines is 1. The van der Waals surface area contributed by atoms with Gasteiger partial charge in [0.25, 0.3) is 0 Å². The summed E-state index contributed by atoms with van der Waals surface area (Å²) in [6.07, 6.45) is -4.89. The first kappa shape index (κ1) is 26.6. The Morgan fingerprint density at radius 1 is 0.853 bits per heavy atom. The Hall–Kier alpha value is -3.67. The quantitative estimate of drug-likeness (QED) is 0.401. The van der Waals surface area contributed by atoms with Gasteiger partial charge in [0.05, 0.1) is 5.69 Å². The van der Waals surface area contributed by atoms with Gasteiger partial charge in [-0.3, -0.25) is 24.0 Å². The second kappa shape index (κ2) is 12.0. The molecule has 1 saturated heterocycles. The van der Waals surface area contributed by atoms with Gasteiger partial charge in [-0.25, -0.2) is 0 Å². The van der Waals surface area contributed by atoms with Crippen LogP contribution in [0.3, 0.4) is 0 Å². The van der Waals surface area contributed by atoms with Crippen LogP contribution in [0.5, 0.6) is 5.75 Å². The summed E-state index contributed by atoms with van der Waals surface area (Å²) in [4.78, 5) is 58.7. The van der Waals surface area contributed by atoms with E-state index in [-0.39, 0.29) is 18.3 Å². The maximum atomic E-state index is 12.0. The van der Waals surface area contributed by atoms with Crippen molar-refractivity contribution >= 4 is 35.4 Å². The van der Waals surface area contributed by atoms with Crippen molar-refractivity contribution in [2.75, 3.05) is 11.9 Å². The number of carbonyl (C=O) groups excluding carboxylic acids is 5. The third-order valence-electron chi connectivity index (χ3n) is 4.51. The highest BCUT2D eigenvalue weighted by Crippen LogP contribution is 2.32. The Bertz CT molecular complexity index is 934. The summed E-state index contributed by atoms with van der Waals surface area (Å²) in [5.41, 5.74) is 0.322. The fraction of sp³-hybridized carbons (Fsp3) is 0.500. The van der Waals surface area contributed by atoms with E-state index in [1.54, 1.807) is 24.3 Å². The number of rotatable bonds is 8. The molecule has 1 aromatic rings. The van der Waals surface area contributed by atoms with Crippen LogP contribution >= 0.6 is 0 Å². The number of carbonyl (C=O) groups is 5. The standard InChI is InChI=1S/C22H28N2O10/c1-11(25)23-16-8-6-7-9-17(16)33-22-19(24-12(2)26)21(32-15(5)29)20(31-14(4)28)18(34-22)10-30-13(3)27/h6-9,18-22H,10H2,1-5H3,(H,23,25)(H,24,26). The molecule has 1 heterocycles. The molecule has 0 aromatic heterocycles.